The van der Waals surface area contributed by atoms with E-state index in [-0.39, 0.29) is 0 Å². The molecule has 5 nitrogen and oxygen atoms in total. The monoisotopic (exact) mass is 364 g/mol. The highest BCUT2D eigenvalue weighted by atomic mass is 16.5. The highest BCUT2D eigenvalue weighted by Gasteiger charge is 2.13. The van der Waals surface area contributed by atoms with Crippen molar-refractivity contribution in [3.05, 3.63) is 71.4 Å². The molecule has 0 amide bonds. The first-order chi connectivity index (χ1) is 13.3. The zero-order valence-electron chi connectivity index (χ0n) is 16.2. The molecule has 27 heavy (non-hydrogen) atoms. The number of hydrogen-bond donors (Lipinski definition) is 1. The third-order valence-corrected chi connectivity index (χ3v) is 4.32. The van der Waals surface area contributed by atoms with Crippen LogP contribution in [0.15, 0.2) is 54.6 Å². The van der Waals surface area contributed by atoms with Crippen molar-refractivity contribution in [3.63, 3.8) is 0 Å². The van der Waals surface area contributed by atoms with E-state index in [9.17, 15) is 0 Å². The number of nitrogens with zero attached hydrogens (tertiary/aromatic N) is 3. The van der Waals surface area contributed by atoms with Gasteiger partial charge < -0.3 is 10.1 Å². The molecule has 3 rings (SSSR count). The van der Waals surface area contributed by atoms with E-state index in [2.05, 4.69) is 48.6 Å². The minimum Gasteiger partial charge on any atom is -0.382 e. The molecule has 1 heterocycles. The molecule has 0 saturated carbocycles. The van der Waals surface area contributed by atoms with Crippen molar-refractivity contribution in [2.45, 2.75) is 33.4 Å². The first-order valence-electron chi connectivity index (χ1n) is 9.59. The Bertz CT molecular complexity index is 829. The Labute approximate surface area is 161 Å². The molecule has 0 radical (unpaired) electrons. The molecule has 1 aromatic heterocycles. The third kappa shape index (κ3) is 5.74. The van der Waals surface area contributed by atoms with Crippen LogP contribution < -0.4 is 5.32 Å². The van der Waals surface area contributed by atoms with E-state index >= 15 is 0 Å². The Morgan fingerprint density at radius 3 is 2.67 bits per heavy atom. The van der Waals surface area contributed by atoms with Gasteiger partial charge in [0.1, 0.15) is 11.4 Å². The van der Waals surface area contributed by atoms with Gasteiger partial charge in [-0.05, 0) is 32.4 Å². The third-order valence-electron chi connectivity index (χ3n) is 4.32. The van der Waals surface area contributed by atoms with Crippen LogP contribution in [0, 0.1) is 6.92 Å². The SMILES string of the molecule is CCOCCCNCc1nn(Cc2cccc(C)c2)nc1-c1ccccc1. The van der Waals surface area contributed by atoms with E-state index in [0.717, 1.165) is 43.1 Å². The zero-order chi connectivity index (χ0) is 18.9. The van der Waals surface area contributed by atoms with Crippen molar-refractivity contribution >= 4 is 0 Å². The van der Waals surface area contributed by atoms with Crippen molar-refractivity contribution in [2.75, 3.05) is 19.8 Å². The highest BCUT2D eigenvalue weighted by molar-refractivity contribution is 5.60. The van der Waals surface area contributed by atoms with E-state index in [0.29, 0.717) is 13.1 Å². The smallest absolute Gasteiger partial charge is 0.117 e. The standard InChI is InChI=1S/C22H28N4O/c1-3-27-14-8-13-23-16-21-22(20-11-5-4-6-12-20)25-26(24-21)17-19-10-7-9-18(2)15-19/h4-7,9-12,15,23H,3,8,13-14,16-17H2,1-2H3. The molecule has 0 aliphatic carbocycles. The summed E-state index contributed by atoms with van der Waals surface area (Å²) in [5.74, 6) is 0. The van der Waals surface area contributed by atoms with Gasteiger partial charge >= 0.3 is 0 Å². The van der Waals surface area contributed by atoms with Crippen LogP contribution in [0.25, 0.3) is 11.3 Å². The van der Waals surface area contributed by atoms with Crippen LogP contribution in [-0.4, -0.2) is 34.8 Å². The van der Waals surface area contributed by atoms with Crippen LogP contribution in [0.3, 0.4) is 0 Å². The molecule has 0 spiro atoms. The van der Waals surface area contributed by atoms with E-state index in [4.69, 9.17) is 14.9 Å². The normalized spacial score (nSPS) is 11.0. The number of benzene rings is 2. The van der Waals surface area contributed by atoms with Crippen LogP contribution in [0.2, 0.25) is 0 Å². The second-order valence-corrected chi connectivity index (χ2v) is 6.61. The molecule has 0 atom stereocenters. The van der Waals surface area contributed by atoms with Gasteiger partial charge in [-0.3, -0.25) is 0 Å². The van der Waals surface area contributed by atoms with Gasteiger partial charge in [-0.1, -0.05) is 60.2 Å². The summed E-state index contributed by atoms with van der Waals surface area (Å²) in [6.45, 7) is 7.95. The van der Waals surface area contributed by atoms with Crippen molar-refractivity contribution in [1.82, 2.24) is 20.3 Å². The fourth-order valence-corrected chi connectivity index (χ4v) is 3.02. The molecule has 5 heteroatoms. The molecule has 142 valence electrons. The highest BCUT2D eigenvalue weighted by Crippen LogP contribution is 2.20. The molecule has 2 aromatic carbocycles. The van der Waals surface area contributed by atoms with Gasteiger partial charge in [-0.25, -0.2) is 0 Å². The molecular weight excluding hydrogens is 336 g/mol. The van der Waals surface area contributed by atoms with Crippen molar-refractivity contribution in [3.8, 4) is 11.3 Å². The van der Waals surface area contributed by atoms with E-state index in [1.807, 2.05) is 25.1 Å². The van der Waals surface area contributed by atoms with Gasteiger partial charge in [0.2, 0.25) is 0 Å². The number of hydrogen-bond acceptors (Lipinski definition) is 4. The minimum absolute atomic E-state index is 0.672. The van der Waals surface area contributed by atoms with Crippen LogP contribution >= 0.6 is 0 Å². The van der Waals surface area contributed by atoms with Crippen LogP contribution in [0.5, 0.6) is 0 Å². The predicted molar refractivity (Wildman–Crippen MR) is 109 cm³/mol. The summed E-state index contributed by atoms with van der Waals surface area (Å²) in [4.78, 5) is 1.80. The van der Waals surface area contributed by atoms with Crippen LogP contribution in [0.1, 0.15) is 30.2 Å². The van der Waals surface area contributed by atoms with Crippen LogP contribution in [-0.2, 0) is 17.8 Å². The first-order valence-corrected chi connectivity index (χ1v) is 9.59. The van der Waals surface area contributed by atoms with E-state index < -0.39 is 0 Å². The molecule has 1 N–H and O–H groups in total. The summed E-state index contributed by atoms with van der Waals surface area (Å²) in [6, 6.07) is 18.7. The lowest BCUT2D eigenvalue weighted by molar-refractivity contribution is 0.144. The summed E-state index contributed by atoms with van der Waals surface area (Å²) in [5, 5.41) is 13.0. The average molecular weight is 364 g/mol. The maximum Gasteiger partial charge on any atom is 0.117 e. The summed E-state index contributed by atoms with van der Waals surface area (Å²) < 4.78 is 5.39. The Kier molecular flexibility index (Phi) is 7.13. The maximum atomic E-state index is 5.39. The molecule has 0 fully saturated rings. The second-order valence-electron chi connectivity index (χ2n) is 6.61. The number of nitrogens with one attached hydrogen (secondary N) is 1. The minimum atomic E-state index is 0.672. The molecule has 0 aliphatic rings. The van der Waals surface area contributed by atoms with Crippen molar-refractivity contribution in [2.24, 2.45) is 0 Å². The Morgan fingerprint density at radius 1 is 1.04 bits per heavy atom. The number of rotatable bonds is 10. The van der Waals surface area contributed by atoms with Gasteiger partial charge in [0.05, 0.1) is 6.54 Å². The first kappa shape index (κ1) is 19.3. The molecule has 0 unspecified atom stereocenters. The van der Waals surface area contributed by atoms with E-state index in [1.54, 1.807) is 4.80 Å². The molecule has 3 aromatic rings. The lowest BCUT2D eigenvalue weighted by Crippen LogP contribution is -2.17. The Hall–Kier alpha value is -2.50. The molecule has 0 bridgehead atoms. The van der Waals surface area contributed by atoms with Crippen molar-refractivity contribution < 1.29 is 4.74 Å². The Morgan fingerprint density at radius 2 is 1.89 bits per heavy atom. The van der Waals surface area contributed by atoms with Crippen molar-refractivity contribution in [1.29, 1.82) is 0 Å². The van der Waals surface area contributed by atoms with Gasteiger partial charge in [-0.15, -0.1) is 0 Å². The fourth-order valence-electron chi connectivity index (χ4n) is 3.02. The predicted octanol–water partition coefficient (Wildman–Crippen LogP) is 3.82. The summed E-state index contributed by atoms with van der Waals surface area (Å²) in [6.07, 6.45) is 0.992. The number of aryl methyl sites for hydroxylation is 1. The molecule has 0 saturated heterocycles. The van der Waals surface area contributed by atoms with Crippen LogP contribution in [0.4, 0.5) is 0 Å². The maximum absolute atomic E-state index is 5.39. The summed E-state index contributed by atoms with van der Waals surface area (Å²) >= 11 is 0. The average Bonchev–Trinajstić information content (AvgIpc) is 3.08. The van der Waals surface area contributed by atoms with Gasteiger partial charge in [0.25, 0.3) is 0 Å². The largest absolute Gasteiger partial charge is 0.382 e. The zero-order valence-corrected chi connectivity index (χ0v) is 16.2. The second kappa shape index (κ2) is 10.00. The van der Waals surface area contributed by atoms with Gasteiger partial charge in [0.15, 0.2) is 0 Å². The molecular formula is C22H28N4O. The number of aromatic nitrogens is 3. The summed E-state index contributed by atoms with van der Waals surface area (Å²) in [5.41, 5.74) is 5.48. The fraction of sp³-hybridized carbons (Fsp3) is 0.364. The number of ether oxygens (including phenoxy) is 1. The lowest BCUT2D eigenvalue weighted by Gasteiger charge is -2.04. The topological polar surface area (TPSA) is 52.0 Å². The van der Waals surface area contributed by atoms with Gasteiger partial charge in [-0.2, -0.15) is 15.0 Å². The van der Waals surface area contributed by atoms with Gasteiger partial charge in [0, 0.05) is 25.3 Å². The lowest BCUT2D eigenvalue weighted by atomic mass is 10.1. The molecule has 0 aliphatic heterocycles. The van der Waals surface area contributed by atoms with E-state index in [1.165, 1.54) is 11.1 Å². The Balaban J connectivity index is 1.73. The summed E-state index contributed by atoms with van der Waals surface area (Å²) in [7, 11) is 0. The quantitative estimate of drug-likeness (QED) is 0.556.